The summed E-state index contributed by atoms with van der Waals surface area (Å²) in [6, 6.07) is 20.1. The first-order valence-electron chi connectivity index (χ1n) is 12.6. The fraction of sp³-hybridized carbons (Fsp3) is 0.393. The van der Waals surface area contributed by atoms with E-state index in [0.717, 1.165) is 29.7 Å². The maximum absolute atomic E-state index is 14.1. The number of imidazole rings is 1. The van der Waals surface area contributed by atoms with E-state index in [9.17, 15) is 14.7 Å². The van der Waals surface area contributed by atoms with E-state index in [-0.39, 0.29) is 11.9 Å². The molecule has 0 unspecified atom stereocenters. The van der Waals surface area contributed by atoms with Gasteiger partial charge in [-0.2, -0.15) is 0 Å². The zero-order chi connectivity index (χ0) is 24.2. The summed E-state index contributed by atoms with van der Waals surface area (Å²) in [6.07, 6.45) is 7.32. The summed E-state index contributed by atoms with van der Waals surface area (Å²) in [7, 11) is 0. The van der Waals surface area contributed by atoms with Crippen LogP contribution in [0.4, 0.5) is 4.79 Å². The van der Waals surface area contributed by atoms with E-state index in [1.807, 2.05) is 71.9 Å². The van der Waals surface area contributed by atoms with Gasteiger partial charge in [0.25, 0.3) is 5.91 Å². The fourth-order valence-corrected chi connectivity index (χ4v) is 5.53. The van der Waals surface area contributed by atoms with Crippen LogP contribution in [-0.4, -0.2) is 62.1 Å². The van der Waals surface area contributed by atoms with Crippen LogP contribution in [0.5, 0.6) is 0 Å². The van der Waals surface area contributed by atoms with Gasteiger partial charge in [0, 0.05) is 31.2 Å². The minimum atomic E-state index is -0.943. The Hall–Kier alpha value is -3.61. The van der Waals surface area contributed by atoms with Crippen LogP contribution < -0.4 is 0 Å². The lowest BCUT2D eigenvalue weighted by atomic mass is 9.94. The average molecular weight is 473 g/mol. The predicted molar refractivity (Wildman–Crippen MR) is 134 cm³/mol. The molecule has 7 nitrogen and oxygen atoms in total. The Balaban J connectivity index is 1.50. The lowest BCUT2D eigenvalue weighted by molar-refractivity contribution is 0.0447. The molecule has 2 heterocycles. The molecule has 2 amide bonds. The van der Waals surface area contributed by atoms with Crippen LogP contribution in [0.2, 0.25) is 0 Å². The predicted octanol–water partition coefficient (Wildman–Crippen LogP) is 5.10. The quantitative estimate of drug-likeness (QED) is 0.560. The molecule has 2 aromatic carbocycles. The molecule has 5 rings (SSSR count). The normalized spacial score (nSPS) is 19.0. The van der Waals surface area contributed by atoms with E-state index in [2.05, 4.69) is 9.55 Å². The van der Waals surface area contributed by atoms with Crippen molar-refractivity contribution >= 4 is 12.0 Å². The molecule has 0 spiro atoms. The Morgan fingerprint density at radius 3 is 2.29 bits per heavy atom. The molecule has 1 N–H and O–H groups in total. The number of amides is 2. The van der Waals surface area contributed by atoms with Crippen molar-refractivity contribution in [2.24, 2.45) is 0 Å². The van der Waals surface area contributed by atoms with Gasteiger partial charge in [-0.3, -0.25) is 4.79 Å². The number of benzene rings is 2. The highest BCUT2D eigenvalue weighted by atomic mass is 16.4. The van der Waals surface area contributed by atoms with Crippen LogP contribution in [-0.2, 0) is 6.42 Å². The second kappa shape index (κ2) is 10.3. The Labute approximate surface area is 206 Å². The lowest BCUT2D eigenvalue weighted by Gasteiger charge is -2.40. The summed E-state index contributed by atoms with van der Waals surface area (Å²) in [5.41, 5.74) is 3.41. The molecular weight excluding hydrogens is 440 g/mol. The van der Waals surface area contributed by atoms with Gasteiger partial charge in [0.1, 0.15) is 0 Å². The molecule has 2 aliphatic rings. The number of piperazine rings is 1. The van der Waals surface area contributed by atoms with Gasteiger partial charge in [0.05, 0.1) is 18.1 Å². The van der Waals surface area contributed by atoms with Gasteiger partial charge in [-0.1, -0.05) is 79.9 Å². The zero-order valence-corrected chi connectivity index (χ0v) is 19.9. The molecule has 3 aromatic rings. The van der Waals surface area contributed by atoms with E-state index >= 15 is 0 Å². The second-order valence-electron chi connectivity index (χ2n) is 9.58. The monoisotopic (exact) mass is 472 g/mol. The van der Waals surface area contributed by atoms with Crippen molar-refractivity contribution < 1.29 is 14.7 Å². The molecule has 1 atom stereocenters. The summed E-state index contributed by atoms with van der Waals surface area (Å²) in [6.45, 7) is 0.948. The maximum atomic E-state index is 14.1. The Bertz CT molecular complexity index is 1160. The molecule has 0 bridgehead atoms. The molecule has 35 heavy (non-hydrogen) atoms. The summed E-state index contributed by atoms with van der Waals surface area (Å²) in [4.78, 5) is 33.7. The number of carboxylic acid groups (broad SMARTS) is 1. The van der Waals surface area contributed by atoms with Crippen LogP contribution in [0.3, 0.4) is 0 Å². The average Bonchev–Trinajstić information content (AvgIpc) is 3.35. The number of hydrogen-bond acceptors (Lipinski definition) is 3. The molecule has 1 aromatic heterocycles. The van der Waals surface area contributed by atoms with Crippen LogP contribution in [0.25, 0.3) is 11.3 Å². The van der Waals surface area contributed by atoms with Crippen molar-refractivity contribution in [1.29, 1.82) is 0 Å². The molecule has 1 saturated heterocycles. The summed E-state index contributed by atoms with van der Waals surface area (Å²) in [5, 5.41) is 9.61. The number of carbonyl (C=O) groups is 2. The van der Waals surface area contributed by atoms with E-state index in [4.69, 9.17) is 0 Å². The van der Waals surface area contributed by atoms with E-state index < -0.39 is 6.09 Å². The summed E-state index contributed by atoms with van der Waals surface area (Å²) < 4.78 is 2.21. The van der Waals surface area contributed by atoms with Crippen molar-refractivity contribution in [1.82, 2.24) is 19.4 Å². The number of aromatic nitrogens is 2. The fourth-order valence-electron chi connectivity index (χ4n) is 5.53. The topological polar surface area (TPSA) is 78.7 Å². The molecule has 0 radical (unpaired) electrons. The van der Waals surface area contributed by atoms with Gasteiger partial charge in [0.2, 0.25) is 0 Å². The number of rotatable bonds is 5. The number of hydrogen-bond donors (Lipinski definition) is 1. The molecule has 2 fully saturated rings. The highest BCUT2D eigenvalue weighted by molar-refractivity contribution is 5.98. The number of nitrogens with zero attached hydrogens (tertiary/aromatic N) is 4. The second-order valence-corrected chi connectivity index (χ2v) is 9.58. The van der Waals surface area contributed by atoms with Gasteiger partial charge in [-0.05, 0) is 24.8 Å². The summed E-state index contributed by atoms with van der Waals surface area (Å²) in [5.74, 6) is -0.121. The maximum Gasteiger partial charge on any atom is 0.407 e. The summed E-state index contributed by atoms with van der Waals surface area (Å²) >= 11 is 0. The minimum Gasteiger partial charge on any atom is -0.465 e. The Morgan fingerprint density at radius 2 is 1.60 bits per heavy atom. The third-order valence-corrected chi connectivity index (χ3v) is 7.34. The molecule has 1 saturated carbocycles. The van der Waals surface area contributed by atoms with E-state index in [1.54, 1.807) is 0 Å². The van der Waals surface area contributed by atoms with E-state index in [0.29, 0.717) is 37.8 Å². The molecule has 7 heteroatoms. The van der Waals surface area contributed by atoms with Crippen molar-refractivity contribution in [2.45, 2.75) is 50.6 Å². The molecule has 1 aliphatic heterocycles. The van der Waals surface area contributed by atoms with Crippen LogP contribution >= 0.6 is 0 Å². The van der Waals surface area contributed by atoms with Gasteiger partial charge >= 0.3 is 6.09 Å². The van der Waals surface area contributed by atoms with Gasteiger partial charge in [-0.15, -0.1) is 0 Å². The Morgan fingerprint density at radius 1 is 0.914 bits per heavy atom. The standard InChI is InChI=1S/C28H32N4O3/c33-27(31-17-16-30(28(34)35)19-24(31)18-21-10-4-1-5-11-21)25-26(22-12-6-2-7-13-22)32(20-29-25)23-14-8-3-9-15-23/h1-2,4-7,10-13,20,23-24H,3,8-9,14-19H2,(H,34,35)/t24-/m1/s1. The first kappa shape index (κ1) is 23.1. The molecular formula is C28H32N4O3. The van der Waals surface area contributed by atoms with Crippen LogP contribution in [0, 0.1) is 0 Å². The van der Waals surface area contributed by atoms with Crippen LogP contribution in [0.1, 0.15) is 54.2 Å². The lowest BCUT2D eigenvalue weighted by Crippen LogP contribution is -2.57. The van der Waals surface area contributed by atoms with Crippen molar-refractivity contribution in [3.05, 3.63) is 78.2 Å². The largest absolute Gasteiger partial charge is 0.465 e. The van der Waals surface area contributed by atoms with Gasteiger partial charge < -0.3 is 19.5 Å². The first-order chi connectivity index (χ1) is 17.1. The van der Waals surface area contributed by atoms with Gasteiger partial charge in [-0.25, -0.2) is 9.78 Å². The SMILES string of the molecule is O=C(O)N1CCN(C(=O)c2ncn(C3CCCCC3)c2-c2ccccc2)[C@H](Cc2ccccc2)C1. The van der Waals surface area contributed by atoms with Gasteiger partial charge in [0.15, 0.2) is 5.69 Å². The highest BCUT2D eigenvalue weighted by Gasteiger charge is 2.36. The van der Waals surface area contributed by atoms with Crippen molar-refractivity contribution in [3.63, 3.8) is 0 Å². The smallest absolute Gasteiger partial charge is 0.407 e. The third kappa shape index (κ3) is 4.94. The van der Waals surface area contributed by atoms with E-state index in [1.165, 1.54) is 24.2 Å². The molecule has 1 aliphatic carbocycles. The van der Waals surface area contributed by atoms with Crippen LogP contribution in [0.15, 0.2) is 67.0 Å². The zero-order valence-electron chi connectivity index (χ0n) is 19.9. The Kier molecular flexibility index (Phi) is 6.84. The van der Waals surface area contributed by atoms with Crippen molar-refractivity contribution in [3.8, 4) is 11.3 Å². The first-order valence-corrected chi connectivity index (χ1v) is 12.6. The third-order valence-electron chi connectivity index (χ3n) is 7.34. The molecule has 182 valence electrons. The highest BCUT2D eigenvalue weighted by Crippen LogP contribution is 2.35. The van der Waals surface area contributed by atoms with Crippen molar-refractivity contribution in [2.75, 3.05) is 19.6 Å². The number of carbonyl (C=O) groups excluding carboxylic acids is 1. The minimum absolute atomic E-state index is 0.121.